The molecule has 6 heteroatoms. The predicted molar refractivity (Wildman–Crippen MR) is 82.3 cm³/mol. The van der Waals surface area contributed by atoms with E-state index in [0.29, 0.717) is 5.69 Å². The van der Waals surface area contributed by atoms with E-state index in [4.69, 9.17) is 5.73 Å². The standard InChI is InChI=1S/C15H17FN2O2S/c1-10-7-11(2)9-12(8-10)18(3)21(19,20)15-13(16)5-4-6-14(15)17/h4-9H,17H2,1-3H3. The maximum absolute atomic E-state index is 13.9. The summed E-state index contributed by atoms with van der Waals surface area (Å²) in [6, 6.07) is 9.20. The molecule has 0 heterocycles. The molecule has 0 aromatic heterocycles. The number of benzene rings is 2. The van der Waals surface area contributed by atoms with Gasteiger partial charge in [0, 0.05) is 7.05 Å². The maximum Gasteiger partial charge on any atom is 0.269 e. The van der Waals surface area contributed by atoms with E-state index in [2.05, 4.69) is 0 Å². The highest BCUT2D eigenvalue weighted by molar-refractivity contribution is 7.93. The summed E-state index contributed by atoms with van der Waals surface area (Å²) in [5, 5.41) is 0. The summed E-state index contributed by atoms with van der Waals surface area (Å²) in [7, 11) is -2.67. The Labute approximate surface area is 124 Å². The highest BCUT2D eigenvalue weighted by Gasteiger charge is 2.27. The molecule has 0 aliphatic rings. The Bertz CT molecular complexity index is 748. The Balaban J connectivity index is 2.58. The Kier molecular flexibility index (Phi) is 3.91. The number of hydrogen-bond acceptors (Lipinski definition) is 3. The Hall–Kier alpha value is -2.08. The van der Waals surface area contributed by atoms with E-state index >= 15 is 0 Å². The van der Waals surface area contributed by atoms with E-state index in [1.165, 1.54) is 19.2 Å². The van der Waals surface area contributed by atoms with Crippen LogP contribution in [0.15, 0.2) is 41.3 Å². The van der Waals surface area contributed by atoms with Gasteiger partial charge in [-0.25, -0.2) is 12.8 Å². The van der Waals surface area contributed by atoms with E-state index in [-0.39, 0.29) is 5.69 Å². The quantitative estimate of drug-likeness (QED) is 0.887. The number of nitrogens with zero attached hydrogens (tertiary/aromatic N) is 1. The summed E-state index contributed by atoms with van der Waals surface area (Å²) >= 11 is 0. The van der Waals surface area contributed by atoms with Gasteiger partial charge >= 0.3 is 0 Å². The van der Waals surface area contributed by atoms with Gasteiger partial charge in [0.2, 0.25) is 0 Å². The summed E-state index contributed by atoms with van der Waals surface area (Å²) in [6.45, 7) is 3.74. The lowest BCUT2D eigenvalue weighted by atomic mass is 10.1. The molecule has 0 aliphatic carbocycles. The summed E-state index contributed by atoms with van der Waals surface area (Å²) in [4.78, 5) is -0.494. The minimum Gasteiger partial charge on any atom is -0.398 e. The van der Waals surface area contributed by atoms with Crippen molar-refractivity contribution in [3.8, 4) is 0 Å². The van der Waals surface area contributed by atoms with E-state index in [1.54, 1.807) is 12.1 Å². The Morgan fingerprint density at radius 2 is 1.67 bits per heavy atom. The molecular weight excluding hydrogens is 291 g/mol. The molecule has 0 spiro atoms. The molecule has 0 saturated heterocycles. The third-order valence-electron chi connectivity index (χ3n) is 3.19. The molecule has 21 heavy (non-hydrogen) atoms. The Morgan fingerprint density at radius 3 is 2.19 bits per heavy atom. The third kappa shape index (κ3) is 2.85. The van der Waals surface area contributed by atoms with Crippen molar-refractivity contribution in [1.29, 1.82) is 0 Å². The monoisotopic (exact) mass is 308 g/mol. The number of nitrogen functional groups attached to an aromatic ring is 1. The molecule has 0 amide bonds. The van der Waals surface area contributed by atoms with Crippen LogP contribution in [-0.4, -0.2) is 15.5 Å². The smallest absolute Gasteiger partial charge is 0.269 e. The normalized spacial score (nSPS) is 11.4. The highest BCUT2D eigenvalue weighted by Crippen LogP contribution is 2.29. The van der Waals surface area contributed by atoms with Crippen molar-refractivity contribution in [2.75, 3.05) is 17.1 Å². The minimum atomic E-state index is -4.05. The number of halogens is 1. The van der Waals surface area contributed by atoms with Gasteiger partial charge in [0.05, 0.1) is 11.4 Å². The van der Waals surface area contributed by atoms with Crippen LogP contribution in [0.3, 0.4) is 0 Å². The molecule has 0 unspecified atom stereocenters. The van der Waals surface area contributed by atoms with Crippen molar-refractivity contribution in [3.63, 3.8) is 0 Å². The van der Waals surface area contributed by atoms with Crippen molar-refractivity contribution in [2.45, 2.75) is 18.7 Å². The van der Waals surface area contributed by atoms with Gasteiger partial charge in [-0.15, -0.1) is 0 Å². The van der Waals surface area contributed by atoms with E-state index in [9.17, 15) is 12.8 Å². The zero-order valence-corrected chi connectivity index (χ0v) is 12.9. The lowest BCUT2D eigenvalue weighted by Gasteiger charge is -2.21. The van der Waals surface area contributed by atoms with Crippen LogP contribution in [0.1, 0.15) is 11.1 Å². The van der Waals surface area contributed by atoms with Gasteiger partial charge in [0.1, 0.15) is 10.7 Å². The van der Waals surface area contributed by atoms with E-state index < -0.39 is 20.7 Å². The van der Waals surface area contributed by atoms with Gasteiger partial charge in [0.25, 0.3) is 10.0 Å². The molecule has 0 saturated carbocycles. The molecule has 2 N–H and O–H groups in total. The average molecular weight is 308 g/mol. The summed E-state index contributed by atoms with van der Waals surface area (Å²) in [6.07, 6.45) is 0. The van der Waals surface area contributed by atoms with Crippen molar-refractivity contribution < 1.29 is 12.8 Å². The summed E-state index contributed by atoms with van der Waals surface area (Å²) in [5.74, 6) is -0.855. The molecule has 4 nitrogen and oxygen atoms in total. The molecule has 0 fully saturated rings. The van der Waals surface area contributed by atoms with E-state index in [0.717, 1.165) is 21.5 Å². The molecule has 0 atom stereocenters. The maximum atomic E-state index is 13.9. The molecule has 112 valence electrons. The number of rotatable bonds is 3. The number of hydrogen-bond donors (Lipinski definition) is 1. The first-order valence-corrected chi connectivity index (χ1v) is 7.78. The molecule has 0 aliphatic heterocycles. The Morgan fingerprint density at radius 1 is 1.10 bits per heavy atom. The van der Waals surface area contributed by atoms with Crippen molar-refractivity contribution in [1.82, 2.24) is 0 Å². The van der Waals surface area contributed by atoms with Crippen LogP contribution < -0.4 is 10.0 Å². The topological polar surface area (TPSA) is 63.4 Å². The van der Waals surface area contributed by atoms with Crippen LogP contribution in [0.4, 0.5) is 15.8 Å². The predicted octanol–water partition coefficient (Wildman–Crippen LogP) is 2.85. The van der Waals surface area contributed by atoms with Crippen LogP contribution in [0, 0.1) is 19.7 Å². The molecule has 0 radical (unpaired) electrons. The van der Waals surface area contributed by atoms with Gasteiger partial charge in [-0.2, -0.15) is 0 Å². The first kappa shape index (κ1) is 15.3. The van der Waals surface area contributed by atoms with Crippen LogP contribution in [0.5, 0.6) is 0 Å². The fourth-order valence-corrected chi connectivity index (χ4v) is 3.54. The highest BCUT2D eigenvalue weighted by atomic mass is 32.2. The number of nitrogens with two attached hydrogens (primary N) is 1. The second-order valence-corrected chi connectivity index (χ2v) is 6.88. The first-order chi connectivity index (χ1) is 9.73. The molecule has 2 aromatic rings. The van der Waals surface area contributed by atoms with Gasteiger partial charge in [0.15, 0.2) is 0 Å². The van der Waals surface area contributed by atoms with Crippen molar-refractivity contribution >= 4 is 21.4 Å². The lowest BCUT2D eigenvalue weighted by molar-refractivity contribution is 0.567. The fourth-order valence-electron chi connectivity index (χ4n) is 2.21. The molecule has 0 bridgehead atoms. The minimum absolute atomic E-state index is 0.105. The molecule has 2 rings (SSSR count). The van der Waals surface area contributed by atoms with Gasteiger partial charge in [-0.3, -0.25) is 4.31 Å². The largest absolute Gasteiger partial charge is 0.398 e. The first-order valence-electron chi connectivity index (χ1n) is 6.34. The van der Waals surface area contributed by atoms with Crippen LogP contribution in [-0.2, 0) is 10.0 Å². The zero-order valence-electron chi connectivity index (χ0n) is 12.1. The van der Waals surface area contributed by atoms with Crippen LogP contribution in [0.25, 0.3) is 0 Å². The third-order valence-corrected chi connectivity index (χ3v) is 5.06. The summed E-state index contributed by atoms with van der Waals surface area (Å²) in [5.41, 5.74) is 7.85. The summed E-state index contributed by atoms with van der Waals surface area (Å²) < 4.78 is 40.1. The second-order valence-electron chi connectivity index (χ2n) is 4.98. The van der Waals surface area contributed by atoms with Crippen LogP contribution in [0.2, 0.25) is 0 Å². The molecule has 2 aromatic carbocycles. The fraction of sp³-hybridized carbons (Fsp3) is 0.200. The SMILES string of the molecule is Cc1cc(C)cc(N(C)S(=O)(=O)c2c(N)cccc2F)c1. The molecular formula is C15H17FN2O2S. The van der Waals surface area contributed by atoms with Crippen LogP contribution >= 0.6 is 0 Å². The number of sulfonamides is 1. The van der Waals surface area contributed by atoms with Gasteiger partial charge in [-0.1, -0.05) is 12.1 Å². The van der Waals surface area contributed by atoms with Crippen molar-refractivity contribution in [2.24, 2.45) is 0 Å². The average Bonchev–Trinajstić information content (AvgIpc) is 2.36. The zero-order chi connectivity index (χ0) is 15.8. The van der Waals surface area contributed by atoms with Crippen molar-refractivity contribution in [3.05, 3.63) is 53.3 Å². The van der Waals surface area contributed by atoms with Gasteiger partial charge in [-0.05, 0) is 49.2 Å². The second kappa shape index (κ2) is 5.37. The van der Waals surface area contributed by atoms with Gasteiger partial charge < -0.3 is 5.73 Å². The number of aryl methyl sites for hydroxylation is 2. The number of anilines is 2. The van der Waals surface area contributed by atoms with E-state index in [1.807, 2.05) is 19.9 Å². The lowest BCUT2D eigenvalue weighted by Crippen LogP contribution is -2.28.